The first-order valence-electron chi connectivity index (χ1n) is 10.7. The third-order valence-corrected chi connectivity index (χ3v) is 7.07. The Balaban J connectivity index is 1.86. The van der Waals surface area contributed by atoms with Crippen LogP contribution in [0.4, 0.5) is 5.69 Å². The van der Waals surface area contributed by atoms with E-state index in [1.807, 2.05) is 64.1 Å². The van der Waals surface area contributed by atoms with Gasteiger partial charge in [-0.1, -0.05) is 60.5 Å². The second-order valence-corrected chi connectivity index (χ2v) is 9.90. The molecule has 0 bridgehead atoms. The normalized spacial score (nSPS) is 12.3. The summed E-state index contributed by atoms with van der Waals surface area (Å²) < 4.78 is 28.9. The molecule has 3 aromatic carbocycles. The van der Waals surface area contributed by atoms with E-state index in [1.165, 1.54) is 6.07 Å². The SMILES string of the molecule is CCC(NC(=O)c1ccc(C)c(S(=O)(=O)Nc2ccc(C)cc2C)c1)c1ccc(C)cc1. The van der Waals surface area contributed by atoms with Gasteiger partial charge in [0, 0.05) is 5.56 Å². The molecule has 6 heteroatoms. The topological polar surface area (TPSA) is 75.3 Å². The maximum atomic E-state index is 13.1. The van der Waals surface area contributed by atoms with Crippen LogP contribution in [0.15, 0.2) is 65.6 Å². The fraction of sp³-hybridized carbons (Fsp3) is 0.269. The Morgan fingerprint density at radius 3 is 2.12 bits per heavy atom. The summed E-state index contributed by atoms with van der Waals surface area (Å²) in [6.07, 6.45) is 0.722. The van der Waals surface area contributed by atoms with Crippen LogP contribution in [0.2, 0.25) is 0 Å². The number of hydrogen-bond donors (Lipinski definition) is 2. The molecule has 0 fully saturated rings. The van der Waals surface area contributed by atoms with Gasteiger partial charge < -0.3 is 5.32 Å². The van der Waals surface area contributed by atoms with Crippen LogP contribution in [0.3, 0.4) is 0 Å². The third kappa shape index (κ3) is 5.37. The molecule has 1 unspecified atom stereocenters. The van der Waals surface area contributed by atoms with Gasteiger partial charge in [-0.2, -0.15) is 0 Å². The molecular formula is C26H30N2O3S. The summed E-state index contributed by atoms with van der Waals surface area (Å²) in [6, 6.07) is 18.2. The van der Waals surface area contributed by atoms with Crippen molar-refractivity contribution in [1.29, 1.82) is 0 Å². The predicted octanol–water partition coefficient (Wildman–Crippen LogP) is 5.60. The molecule has 0 aliphatic carbocycles. The number of sulfonamides is 1. The van der Waals surface area contributed by atoms with Crippen molar-refractivity contribution in [1.82, 2.24) is 5.32 Å². The first-order valence-corrected chi connectivity index (χ1v) is 12.2. The lowest BCUT2D eigenvalue weighted by Crippen LogP contribution is -2.28. The minimum Gasteiger partial charge on any atom is -0.345 e. The van der Waals surface area contributed by atoms with Crippen molar-refractivity contribution in [2.24, 2.45) is 0 Å². The lowest BCUT2D eigenvalue weighted by molar-refractivity contribution is 0.0935. The van der Waals surface area contributed by atoms with E-state index in [1.54, 1.807) is 25.1 Å². The molecule has 0 heterocycles. The van der Waals surface area contributed by atoms with E-state index in [0.29, 0.717) is 16.8 Å². The lowest BCUT2D eigenvalue weighted by atomic mass is 10.0. The number of carbonyl (C=O) groups is 1. The maximum Gasteiger partial charge on any atom is 0.262 e. The van der Waals surface area contributed by atoms with Gasteiger partial charge in [0.2, 0.25) is 0 Å². The smallest absolute Gasteiger partial charge is 0.262 e. The quantitative estimate of drug-likeness (QED) is 0.492. The summed E-state index contributed by atoms with van der Waals surface area (Å²) in [5.74, 6) is -0.305. The highest BCUT2D eigenvalue weighted by atomic mass is 32.2. The van der Waals surface area contributed by atoms with Crippen LogP contribution in [0, 0.1) is 27.7 Å². The zero-order chi connectivity index (χ0) is 23.5. The van der Waals surface area contributed by atoms with Crippen LogP contribution in [0.1, 0.15) is 57.6 Å². The molecule has 1 amide bonds. The van der Waals surface area contributed by atoms with E-state index >= 15 is 0 Å². The Morgan fingerprint density at radius 1 is 0.844 bits per heavy atom. The van der Waals surface area contributed by atoms with Gasteiger partial charge in [-0.25, -0.2) is 8.42 Å². The number of benzene rings is 3. The Morgan fingerprint density at radius 2 is 1.50 bits per heavy atom. The molecule has 0 radical (unpaired) electrons. The van der Waals surface area contributed by atoms with Crippen molar-refractivity contribution < 1.29 is 13.2 Å². The number of aryl methyl sites for hydroxylation is 4. The Labute approximate surface area is 190 Å². The van der Waals surface area contributed by atoms with Crippen molar-refractivity contribution >= 4 is 21.6 Å². The Bertz CT molecular complexity index is 1230. The highest BCUT2D eigenvalue weighted by Crippen LogP contribution is 2.24. The molecular weight excluding hydrogens is 420 g/mol. The molecule has 0 aliphatic heterocycles. The Hall–Kier alpha value is -3.12. The van der Waals surface area contributed by atoms with Crippen LogP contribution >= 0.6 is 0 Å². The van der Waals surface area contributed by atoms with Crippen LogP contribution in [-0.2, 0) is 10.0 Å². The highest BCUT2D eigenvalue weighted by Gasteiger charge is 2.21. The van der Waals surface area contributed by atoms with Gasteiger partial charge in [0.1, 0.15) is 0 Å². The third-order valence-electron chi connectivity index (χ3n) is 5.56. The fourth-order valence-corrected chi connectivity index (χ4v) is 5.02. The van der Waals surface area contributed by atoms with Crippen LogP contribution in [0.25, 0.3) is 0 Å². The minimum absolute atomic E-state index is 0.0912. The zero-order valence-electron chi connectivity index (χ0n) is 19.2. The molecule has 168 valence electrons. The molecule has 32 heavy (non-hydrogen) atoms. The fourth-order valence-electron chi connectivity index (χ4n) is 3.62. The van der Waals surface area contributed by atoms with Crippen molar-refractivity contribution in [3.05, 3.63) is 94.0 Å². The average molecular weight is 451 g/mol. The number of amides is 1. The number of anilines is 1. The molecule has 0 aromatic heterocycles. The summed E-state index contributed by atoms with van der Waals surface area (Å²) in [7, 11) is -3.86. The number of nitrogens with one attached hydrogen (secondary N) is 2. The van der Waals surface area contributed by atoms with Crippen LogP contribution in [-0.4, -0.2) is 14.3 Å². The molecule has 0 saturated carbocycles. The molecule has 1 atom stereocenters. The van der Waals surface area contributed by atoms with E-state index in [-0.39, 0.29) is 16.8 Å². The molecule has 5 nitrogen and oxygen atoms in total. The van der Waals surface area contributed by atoms with E-state index in [2.05, 4.69) is 10.0 Å². The number of rotatable bonds is 7. The second-order valence-electron chi connectivity index (χ2n) is 8.25. The van der Waals surface area contributed by atoms with Crippen molar-refractivity contribution in [3.63, 3.8) is 0 Å². The molecule has 0 saturated heterocycles. The van der Waals surface area contributed by atoms with E-state index in [0.717, 1.165) is 28.7 Å². The first kappa shape index (κ1) is 23.5. The van der Waals surface area contributed by atoms with Gasteiger partial charge >= 0.3 is 0 Å². The monoisotopic (exact) mass is 450 g/mol. The molecule has 0 spiro atoms. The summed E-state index contributed by atoms with van der Waals surface area (Å²) in [6.45, 7) is 9.56. The summed E-state index contributed by atoms with van der Waals surface area (Å²) >= 11 is 0. The minimum atomic E-state index is -3.86. The summed E-state index contributed by atoms with van der Waals surface area (Å²) in [5.41, 5.74) is 5.47. The van der Waals surface area contributed by atoms with E-state index in [4.69, 9.17) is 0 Å². The Kier molecular flexibility index (Phi) is 7.04. The van der Waals surface area contributed by atoms with Gasteiger partial charge in [0.25, 0.3) is 15.9 Å². The maximum absolute atomic E-state index is 13.1. The molecule has 2 N–H and O–H groups in total. The van der Waals surface area contributed by atoms with Gasteiger partial charge in [-0.05, 0) is 69.0 Å². The molecule has 3 aromatic rings. The molecule has 0 aliphatic rings. The van der Waals surface area contributed by atoms with E-state index < -0.39 is 10.0 Å². The van der Waals surface area contributed by atoms with Gasteiger partial charge in [0.05, 0.1) is 16.6 Å². The van der Waals surface area contributed by atoms with Crippen LogP contribution < -0.4 is 10.0 Å². The highest BCUT2D eigenvalue weighted by molar-refractivity contribution is 7.92. The van der Waals surface area contributed by atoms with E-state index in [9.17, 15) is 13.2 Å². The largest absolute Gasteiger partial charge is 0.345 e. The van der Waals surface area contributed by atoms with Crippen molar-refractivity contribution in [3.8, 4) is 0 Å². The predicted molar refractivity (Wildman–Crippen MR) is 130 cm³/mol. The van der Waals surface area contributed by atoms with Gasteiger partial charge in [0.15, 0.2) is 0 Å². The number of hydrogen-bond acceptors (Lipinski definition) is 3. The van der Waals surface area contributed by atoms with Crippen molar-refractivity contribution in [2.75, 3.05) is 4.72 Å². The van der Waals surface area contributed by atoms with Crippen molar-refractivity contribution in [2.45, 2.75) is 52.0 Å². The van der Waals surface area contributed by atoms with Gasteiger partial charge in [-0.15, -0.1) is 0 Å². The zero-order valence-corrected chi connectivity index (χ0v) is 20.0. The second kappa shape index (κ2) is 9.57. The number of carbonyl (C=O) groups excluding carboxylic acids is 1. The average Bonchev–Trinajstić information content (AvgIpc) is 2.74. The van der Waals surface area contributed by atoms with Crippen LogP contribution in [0.5, 0.6) is 0 Å². The summed E-state index contributed by atoms with van der Waals surface area (Å²) in [5, 5.41) is 3.03. The standard InChI is InChI=1S/C26H30N2O3S/c1-6-23(21-11-7-17(2)8-12-21)27-26(29)22-13-10-19(4)25(16-22)32(30,31)28-24-14-9-18(3)15-20(24)5/h7-16,23,28H,6H2,1-5H3,(H,27,29). The first-order chi connectivity index (χ1) is 15.1. The molecule has 3 rings (SSSR count). The lowest BCUT2D eigenvalue weighted by Gasteiger charge is -2.18. The summed E-state index contributed by atoms with van der Waals surface area (Å²) in [4.78, 5) is 13.1. The van der Waals surface area contributed by atoms with Gasteiger partial charge in [-0.3, -0.25) is 9.52 Å².